The number of nitrogens with zero attached hydrogens (tertiary/aromatic N) is 1. The molecule has 3 unspecified atom stereocenters. The highest BCUT2D eigenvalue weighted by atomic mass is 15.2. The van der Waals surface area contributed by atoms with E-state index in [1.54, 1.807) is 0 Å². The molecule has 3 atom stereocenters. The van der Waals surface area contributed by atoms with E-state index in [9.17, 15) is 0 Å². The summed E-state index contributed by atoms with van der Waals surface area (Å²) >= 11 is 0. The molecule has 2 heteroatoms. The lowest BCUT2D eigenvalue weighted by Crippen LogP contribution is -2.42. The van der Waals surface area contributed by atoms with E-state index >= 15 is 0 Å². The molecule has 2 N–H and O–H groups in total. The first-order chi connectivity index (χ1) is 9.29. The normalized spacial score (nSPS) is 30.4. The molecule has 3 rings (SSSR count). The first-order valence-corrected chi connectivity index (χ1v) is 7.84. The molecule has 104 valence electrons. The Labute approximate surface area is 117 Å². The van der Waals surface area contributed by atoms with Crippen molar-refractivity contribution < 1.29 is 0 Å². The van der Waals surface area contributed by atoms with E-state index in [0.717, 1.165) is 18.4 Å². The van der Waals surface area contributed by atoms with Crippen molar-refractivity contribution in [2.75, 3.05) is 18.0 Å². The second kappa shape index (κ2) is 5.54. The molecule has 0 radical (unpaired) electrons. The van der Waals surface area contributed by atoms with Gasteiger partial charge in [0.25, 0.3) is 0 Å². The van der Waals surface area contributed by atoms with Gasteiger partial charge in [-0.1, -0.05) is 24.6 Å². The third-order valence-corrected chi connectivity index (χ3v) is 5.22. The fourth-order valence-electron chi connectivity index (χ4n) is 3.96. The van der Waals surface area contributed by atoms with Gasteiger partial charge in [-0.25, -0.2) is 0 Å². The van der Waals surface area contributed by atoms with Gasteiger partial charge in [-0.3, -0.25) is 0 Å². The zero-order valence-electron chi connectivity index (χ0n) is 12.0. The SMILES string of the molecule is CC1CCc2ccccc2N1CC1CCCC1CN. The summed E-state index contributed by atoms with van der Waals surface area (Å²) in [5.74, 6) is 1.56. The molecule has 19 heavy (non-hydrogen) atoms. The minimum atomic E-state index is 0.675. The molecular weight excluding hydrogens is 232 g/mol. The topological polar surface area (TPSA) is 29.3 Å². The van der Waals surface area contributed by atoms with Crippen molar-refractivity contribution in [2.24, 2.45) is 17.6 Å². The first kappa shape index (κ1) is 13.0. The van der Waals surface area contributed by atoms with Gasteiger partial charge in [-0.05, 0) is 62.6 Å². The van der Waals surface area contributed by atoms with Crippen molar-refractivity contribution in [1.29, 1.82) is 0 Å². The van der Waals surface area contributed by atoms with Gasteiger partial charge in [0.15, 0.2) is 0 Å². The van der Waals surface area contributed by atoms with Crippen LogP contribution in [0.5, 0.6) is 0 Å². The Morgan fingerprint density at radius 2 is 1.95 bits per heavy atom. The second-order valence-electron chi connectivity index (χ2n) is 6.36. The third kappa shape index (κ3) is 2.51. The number of hydrogen-bond donors (Lipinski definition) is 1. The van der Waals surface area contributed by atoms with Gasteiger partial charge >= 0.3 is 0 Å². The van der Waals surface area contributed by atoms with Crippen LogP contribution in [0.2, 0.25) is 0 Å². The molecule has 1 heterocycles. The number of rotatable bonds is 3. The zero-order chi connectivity index (χ0) is 13.2. The van der Waals surface area contributed by atoms with Gasteiger partial charge in [-0.15, -0.1) is 0 Å². The summed E-state index contributed by atoms with van der Waals surface area (Å²) in [7, 11) is 0. The van der Waals surface area contributed by atoms with Crippen molar-refractivity contribution in [2.45, 2.75) is 45.1 Å². The van der Waals surface area contributed by atoms with E-state index in [4.69, 9.17) is 5.73 Å². The lowest BCUT2D eigenvalue weighted by Gasteiger charge is -2.39. The standard InChI is InChI=1S/C17H26N2/c1-13-9-10-14-5-2-3-8-17(14)19(13)12-16-7-4-6-15(16)11-18/h2-3,5,8,13,15-16H,4,6-7,9-12,18H2,1H3. The van der Waals surface area contributed by atoms with E-state index in [-0.39, 0.29) is 0 Å². The van der Waals surface area contributed by atoms with Crippen LogP contribution in [0.1, 0.15) is 38.2 Å². The molecule has 0 saturated heterocycles. The lowest BCUT2D eigenvalue weighted by molar-refractivity contribution is 0.377. The number of fused-ring (bicyclic) bond motifs is 1. The Hall–Kier alpha value is -1.02. The largest absolute Gasteiger partial charge is 0.368 e. The molecular formula is C17H26N2. The van der Waals surface area contributed by atoms with Crippen LogP contribution >= 0.6 is 0 Å². The minimum Gasteiger partial charge on any atom is -0.368 e. The monoisotopic (exact) mass is 258 g/mol. The van der Waals surface area contributed by atoms with Gasteiger partial charge in [-0.2, -0.15) is 0 Å². The fourth-order valence-corrected chi connectivity index (χ4v) is 3.96. The Bertz CT molecular complexity index is 429. The summed E-state index contributed by atoms with van der Waals surface area (Å²) in [6.45, 7) is 4.46. The molecule has 1 aliphatic carbocycles. The maximum atomic E-state index is 5.94. The van der Waals surface area contributed by atoms with E-state index in [0.29, 0.717) is 6.04 Å². The Morgan fingerprint density at radius 3 is 2.79 bits per heavy atom. The van der Waals surface area contributed by atoms with Gasteiger partial charge in [0.1, 0.15) is 0 Å². The Morgan fingerprint density at radius 1 is 1.16 bits per heavy atom. The molecule has 1 aromatic carbocycles. The Kier molecular flexibility index (Phi) is 3.79. The summed E-state index contributed by atoms with van der Waals surface area (Å²) in [4.78, 5) is 2.65. The summed E-state index contributed by atoms with van der Waals surface area (Å²) in [5.41, 5.74) is 8.95. The fraction of sp³-hybridized carbons (Fsp3) is 0.647. The van der Waals surface area contributed by atoms with Crippen LogP contribution in [0.15, 0.2) is 24.3 Å². The molecule has 2 nitrogen and oxygen atoms in total. The van der Waals surface area contributed by atoms with Crippen LogP contribution in [0, 0.1) is 11.8 Å². The van der Waals surface area contributed by atoms with Gasteiger partial charge in [0.2, 0.25) is 0 Å². The lowest BCUT2D eigenvalue weighted by atomic mass is 9.91. The van der Waals surface area contributed by atoms with Crippen molar-refractivity contribution in [1.82, 2.24) is 0 Å². The summed E-state index contributed by atoms with van der Waals surface area (Å²) < 4.78 is 0. The van der Waals surface area contributed by atoms with Gasteiger partial charge in [0.05, 0.1) is 0 Å². The van der Waals surface area contributed by atoms with Crippen LogP contribution in [0.4, 0.5) is 5.69 Å². The number of hydrogen-bond acceptors (Lipinski definition) is 2. The van der Waals surface area contributed by atoms with Crippen LogP contribution in [-0.4, -0.2) is 19.1 Å². The number of aryl methyl sites for hydroxylation is 1. The molecule has 1 aliphatic heterocycles. The van der Waals surface area contributed by atoms with Crippen molar-refractivity contribution in [3.63, 3.8) is 0 Å². The molecule has 0 aromatic heterocycles. The molecule has 2 aliphatic rings. The average Bonchev–Trinajstić information content (AvgIpc) is 2.89. The average molecular weight is 258 g/mol. The summed E-state index contributed by atoms with van der Waals surface area (Å²) in [6.07, 6.45) is 6.60. The van der Waals surface area contributed by atoms with Crippen LogP contribution in [0.3, 0.4) is 0 Å². The highest BCUT2D eigenvalue weighted by Crippen LogP contribution is 2.36. The summed E-state index contributed by atoms with van der Waals surface area (Å²) in [5, 5.41) is 0. The van der Waals surface area contributed by atoms with E-state index in [2.05, 4.69) is 36.1 Å². The summed E-state index contributed by atoms with van der Waals surface area (Å²) in [6, 6.07) is 9.62. The predicted octanol–water partition coefficient (Wildman–Crippen LogP) is 3.20. The van der Waals surface area contributed by atoms with E-state index in [1.165, 1.54) is 49.9 Å². The maximum Gasteiger partial charge on any atom is 0.0401 e. The minimum absolute atomic E-state index is 0.675. The highest BCUT2D eigenvalue weighted by molar-refractivity contribution is 5.56. The zero-order valence-corrected chi connectivity index (χ0v) is 12.0. The van der Waals surface area contributed by atoms with Crippen molar-refractivity contribution >= 4 is 5.69 Å². The van der Waals surface area contributed by atoms with Crippen LogP contribution in [0.25, 0.3) is 0 Å². The number of anilines is 1. The second-order valence-corrected chi connectivity index (χ2v) is 6.36. The number of para-hydroxylation sites is 1. The molecule has 1 saturated carbocycles. The first-order valence-electron chi connectivity index (χ1n) is 7.84. The van der Waals surface area contributed by atoms with Gasteiger partial charge < -0.3 is 10.6 Å². The predicted molar refractivity (Wildman–Crippen MR) is 81.5 cm³/mol. The van der Waals surface area contributed by atoms with Crippen LogP contribution in [-0.2, 0) is 6.42 Å². The van der Waals surface area contributed by atoms with Gasteiger partial charge in [0, 0.05) is 18.3 Å². The molecule has 0 bridgehead atoms. The molecule has 0 spiro atoms. The Balaban J connectivity index is 1.80. The van der Waals surface area contributed by atoms with E-state index in [1.807, 2.05) is 0 Å². The number of nitrogens with two attached hydrogens (primary N) is 1. The maximum absolute atomic E-state index is 5.94. The van der Waals surface area contributed by atoms with Crippen molar-refractivity contribution in [3.8, 4) is 0 Å². The molecule has 0 amide bonds. The molecule has 1 aromatic rings. The smallest absolute Gasteiger partial charge is 0.0401 e. The number of benzene rings is 1. The quantitative estimate of drug-likeness (QED) is 0.902. The highest BCUT2D eigenvalue weighted by Gasteiger charge is 2.31. The van der Waals surface area contributed by atoms with E-state index < -0.39 is 0 Å². The van der Waals surface area contributed by atoms with Crippen LogP contribution < -0.4 is 10.6 Å². The molecule has 1 fully saturated rings. The van der Waals surface area contributed by atoms with Crippen molar-refractivity contribution in [3.05, 3.63) is 29.8 Å². The third-order valence-electron chi connectivity index (χ3n) is 5.22.